The Labute approximate surface area is 91.2 Å². The Morgan fingerprint density at radius 3 is 2.87 bits per heavy atom. The molecule has 1 N–H and O–H groups in total. The van der Waals surface area contributed by atoms with Gasteiger partial charge in [-0.25, -0.2) is 0 Å². The molecule has 0 radical (unpaired) electrons. The van der Waals surface area contributed by atoms with Gasteiger partial charge in [-0.1, -0.05) is 13.5 Å². The Hall–Kier alpha value is -1.35. The Kier molecular flexibility index (Phi) is 4.84. The molecule has 0 aliphatic heterocycles. The maximum Gasteiger partial charge on any atom is 0.138 e. The molecule has 0 aliphatic carbocycles. The summed E-state index contributed by atoms with van der Waals surface area (Å²) in [5, 5.41) is 3.22. The van der Waals surface area contributed by atoms with E-state index in [-0.39, 0.29) is 0 Å². The van der Waals surface area contributed by atoms with Crippen LogP contribution in [-0.2, 0) is 6.54 Å². The quantitative estimate of drug-likeness (QED) is 0.724. The van der Waals surface area contributed by atoms with Crippen LogP contribution >= 0.6 is 0 Å². The highest BCUT2D eigenvalue weighted by atomic mass is 16.5. The lowest BCUT2D eigenvalue weighted by Gasteiger charge is -2.06. The molecule has 1 aromatic rings. The molecule has 0 atom stereocenters. The Morgan fingerprint density at radius 2 is 2.33 bits per heavy atom. The van der Waals surface area contributed by atoms with Gasteiger partial charge in [0, 0.05) is 6.54 Å². The Balaban J connectivity index is 2.45. The molecule has 0 saturated heterocycles. The fourth-order valence-corrected chi connectivity index (χ4v) is 1.06. The van der Waals surface area contributed by atoms with E-state index in [1.54, 1.807) is 6.20 Å². The normalized spacial score (nSPS) is 10.0. The van der Waals surface area contributed by atoms with Crippen LogP contribution in [0, 0.1) is 0 Å². The van der Waals surface area contributed by atoms with Gasteiger partial charge in [-0.2, -0.15) is 0 Å². The predicted octanol–water partition coefficient (Wildman–Crippen LogP) is 2.15. The van der Waals surface area contributed by atoms with E-state index in [9.17, 15) is 0 Å². The standard InChI is InChI=1S/C12H18N2O/c1-4-13-7-11-5-6-12(8-14-11)15-9-10(2)3/h5-6,8,13H,2,4,7,9H2,1,3H3. The molecule has 3 nitrogen and oxygen atoms in total. The third-order valence-electron chi connectivity index (χ3n) is 1.84. The molecule has 15 heavy (non-hydrogen) atoms. The van der Waals surface area contributed by atoms with E-state index in [1.165, 1.54) is 0 Å². The number of rotatable bonds is 6. The van der Waals surface area contributed by atoms with Gasteiger partial charge in [0.1, 0.15) is 12.4 Å². The summed E-state index contributed by atoms with van der Waals surface area (Å²) in [6, 6.07) is 3.90. The van der Waals surface area contributed by atoms with E-state index in [2.05, 4.69) is 23.8 Å². The average Bonchev–Trinajstić information content (AvgIpc) is 2.25. The predicted molar refractivity (Wildman–Crippen MR) is 61.9 cm³/mol. The van der Waals surface area contributed by atoms with Gasteiger partial charge >= 0.3 is 0 Å². The summed E-state index contributed by atoms with van der Waals surface area (Å²) in [4.78, 5) is 4.28. The van der Waals surface area contributed by atoms with Crippen LogP contribution in [0.2, 0.25) is 0 Å². The molecule has 0 unspecified atom stereocenters. The van der Waals surface area contributed by atoms with Crippen molar-refractivity contribution < 1.29 is 4.74 Å². The second-order valence-electron chi connectivity index (χ2n) is 3.51. The van der Waals surface area contributed by atoms with E-state index in [0.717, 1.165) is 30.1 Å². The largest absolute Gasteiger partial charge is 0.488 e. The molecule has 82 valence electrons. The van der Waals surface area contributed by atoms with Crippen LogP contribution in [0.15, 0.2) is 30.5 Å². The summed E-state index contributed by atoms with van der Waals surface area (Å²) in [5.74, 6) is 0.790. The third-order valence-corrected chi connectivity index (χ3v) is 1.84. The molecule has 1 aromatic heterocycles. The fraction of sp³-hybridized carbons (Fsp3) is 0.417. The van der Waals surface area contributed by atoms with Crippen molar-refractivity contribution in [3.8, 4) is 5.75 Å². The molecule has 1 rings (SSSR count). The molecule has 0 aromatic carbocycles. The third kappa shape index (κ3) is 4.61. The maximum absolute atomic E-state index is 5.44. The summed E-state index contributed by atoms with van der Waals surface area (Å²) in [7, 11) is 0. The summed E-state index contributed by atoms with van der Waals surface area (Å²) >= 11 is 0. The van der Waals surface area contributed by atoms with Crippen LogP contribution in [0.1, 0.15) is 19.5 Å². The first-order valence-electron chi connectivity index (χ1n) is 5.15. The minimum atomic E-state index is 0.550. The molecular weight excluding hydrogens is 188 g/mol. The zero-order valence-electron chi connectivity index (χ0n) is 9.42. The van der Waals surface area contributed by atoms with Gasteiger partial charge in [-0.05, 0) is 31.2 Å². The van der Waals surface area contributed by atoms with Crippen LogP contribution < -0.4 is 10.1 Å². The topological polar surface area (TPSA) is 34.1 Å². The number of ether oxygens (including phenoxy) is 1. The molecule has 0 aliphatic rings. The minimum Gasteiger partial charge on any atom is -0.488 e. The lowest BCUT2D eigenvalue weighted by Crippen LogP contribution is -2.12. The molecular formula is C12H18N2O. The average molecular weight is 206 g/mol. The van der Waals surface area contributed by atoms with Crippen molar-refractivity contribution in [2.24, 2.45) is 0 Å². The maximum atomic E-state index is 5.44. The van der Waals surface area contributed by atoms with Crippen LogP contribution in [-0.4, -0.2) is 18.1 Å². The first-order valence-corrected chi connectivity index (χ1v) is 5.15. The van der Waals surface area contributed by atoms with Crippen molar-refractivity contribution >= 4 is 0 Å². The van der Waals surface area contributed by atoms with E-state index in [4.69, 9.17) is 4.74 Å². The highest BCUT2D eigenvalue weighted by molar-refractivity contribution is 5.20. The summed E-state index contributed by atoms with van der Waals surface area (Å²) in [6.07, 6.45) is 1.75. The van der Waals surface area contributed by atoms with Crippen molar-refractivity contribution in [1.29, 1.82) is 0 Å². The van der Waals surface area contributed by atoms with Crippen LogP contribution in [0.4, 0.5) is 0 Å². The van der Waals surface area contributed by atoms with E-state index in [0.29, 0.717) is 6.61 Å². The van der Waals surface area contributed by atoms with Crippen LogP contribution in [0.3, 0.4) is 0 Å². The Morgan fingerprint density at radius 1 is 1.53 bits per heavy atom. The molecule has 0 fully saturated rings. The second-order valence-corrected chi connectivity index (χ2v) is 3.51. The number of pyridine rings is 1. The van der Waals surface area contributed by atoms with Gasteiger partial charge in [0.05, 0.1) is 11.9 Å². The Bertz CT molecular complexity index is 306. The van der Waals surface area contributed by atoms with Crippen LogP contribution in [0.5, 0.6) is 5.75 Å². The summed E-state index contributed by atoms with van der Waals surface area (Å²) < 4.78 is 5.44. The SMILES string of the molecule is C=C(C)COc1ccc(CNCC)nc1. The second kappa shape index (κ2) is 6.19. The van der Waals surface area contributed by atoms with Crippen molar-refractivity contribution in [2.75, 3.05) is 13.2 Å². The van der Waals surface area contributed by atoms with Crippen molar-refractivity contribution in [1.82, 2.24) is 10.3 Å². The van der Waals surface area contributed by atoms with E-state index < -0.39 is 0 Å². The molecule has 0 saturated carbocycles. The van der Waals surface area contributed by atoms with Crippen LogP contribution in [0.25, 0.3) is 0 Å². The number of nitrogens with one attached hydrogen (secondary N) is 1. The highest BCUT2D eigenvalue weighted by Crippen LogP contribution is 2.09. The van der Waals surface area contributed by atoms with Gasteiger partial charge in [0.15, 0.2) is 0 Å². The molecule has 0 spiro atoms. The van der Waals surface area contributed by atoms with Gasteiger partial charge in [0.25, 0.3) is 0 Å². The van der Waals surface area contributed by atoms with Gasteiger partial charge in [-0.3, -0.25) is 4.98 Å². The molecule has 0 amide bonds. The summed E-state index contributed by atoms with van der Waals surface area (Å²) in [5.41, 5.74) is 2.03. The smallest absolute Gasteiger partial charge is 0.138 e. The van der Waals surface area contributed by atoms with Gasteiger partial charge in [0.2, 0.25) is 0 Å². The number of hydrogen-bond acceptors (Lipinski definition) is 3. The van der Waals surface area contributed by atoms with Gasteiger partial charge < -0.3 is 10.1 Å². The van der Waals surface area contributed by atoms with Crippen molar-refractivity contribution in [3.05, 3.63) is 36.2 Å². The fourth-order valence-electron chi connectivity index (χ4n) is 1.06. The lowest BCUT2D eigenvalue weighted by molar-refractivity contribution is 0.351. The van der Waals surface area contributed by atoms with E-state index >= 15 is 0 Å². The first kappa shape index (κ1) is 11.7. The van der Waals surface area contributed by atoms with Crippen molar-refractivity contribution in [2.45, 2.75) is 20.4 Å². The zero-order valence-corrected chi connectivity index (χ0v) is 9.42. The highest BCUT2D eigenvalue weighted by Gasteiger charge is 1.96. The van der Waals surface area contributed by atoms with Crippen molar-refractivity contribution in [3.63, 3.8) is 0 Å². The molecule has 1 heterocycles. The molecule has 0 bridgehead atoms. The number of nitrogens with zero attached hydrogens (tertiary/aromatic N) is 1. The molecule has 3 heteroatoms. The van der Waals surface area contributed by atoms with Gasteiger partial charge in [-0.15, -0.1) is 0 Å². The summed E-state index contributed by atoms with van der Waals surface area (Å²) in [6.45, 7) is 10.1. The lowest BCUT2D eigenvalue weighted by atomic mass is 10.3. The first-order chi connectivity index (χ1) is 7.22. The monoisotopic (exact) mass is 206 g/mol. The van der Waals surface area contributed by atoms with E-state index in [1.807, 2.05) is 19.1 Å². The zero-order chi connectivity index (χ0) is 11.1. The number of hydrogen-bond donors (Lipinski definition) is 1. The number of aromatic nitrogens is 1. The minimum absolute atomic E-state index is 0.550.